The molecule has 1 fully saturated rings. The van der Waals surface area contributed by atoms with Crippen LogP contribution in [0.15, 0.2) is 42.2 Å². The average molecular weight is 361 g/mol. The number of halogens is 2. The van der Waals surface area contributed by atoms with Crippen LogP contribution in [0.25, 0.3) is 0 Å². The van der Waals surface area contributed by atoms with Crippen molar-refractivity contribution in [3.63, 3.8) is 0 Å². The Morgan fingerprint density at radius 3 is 1.48 bits per heavy atom. The topological polar surface area (TPSA) is 0 Å². The maximum atomic E-state index is 2.50. The molecule has 1 saturated heterocycles. The molecule has 0 saturated carbocycles. The SMILES string of the molecule is CCC1=[C]([Ti+2]2([C]3=C(CC)C(C)=CC3)[CH2][CH2]2)CC=C1C.[Cl-].[Cl-]. The van der Waals surface area contributed by atoms with Crippen LogP contribution in [0.1, 0.15) is 53.4 Å². The second-order valence-electron chi connectivity index (χ2n) is 6.39. The first-order chi connectivity index (χ1) is 9.14. The molecule has 0 nitrogen and oxygen atoms in total. The molecule has 0 atom stereocenters. The minimum absolute atomic E-state index is 0. The van der Waals surface area contributed by atoms with Crippen LogP contribution < -0.4 is 24.8 Å². The fraction of sp³-hybridized carbons (Fsp3) is 0.556. The molecule has 0 amide bonds. The van der Waals surface area contributed by atoms with Crippen LogP contribution in [-0.2, 0) is 16.6 Å². The first kappa shape index (κ1) is 19.3. The van der Waals surface area contributed by atoms with Crippen molar-refractivity contribution in [2.45, 2.75) is 62.8 Å². The molecule has 21 heavy (non-hydrogen) atoms. The monoisotopic (exact) mass is 360 g/mol. The molecule has 0 unspecified atom stereocenters. The first-order valence-electron chi connectivity index (χ1n) is 7.93. The van der Waals surface area contributed by atoms with Gasteiger partial charge in [0.05, 0.1) is 0 Å². The fourth-order valence-corrected chi connectivity index (χ4v) is 13.3. The largest absolute Gasteiger partial charge is 1.00 e. The molecule has 0 spiro atoms. The summed E-state index contributed by atoms with van der Waals surface area (Å²) in [5, 5.41) is 0. The van der Waals surface area contributed by atoms with Gasteiger partial charge >= 0.3 is 122 Å². The Balaban J connectivity index is 0.00000110. The van der Waals surface area contributed by atoms with Crippen LogP contribution in [-0.4, -0.2) is 0 Å². The summed E-state index contributed by atoms with van der Waals surface area (Å²) >= 11 is -1.76. The van der Waals surface area contributed by atoms with Gasteiger partial charge in [-0.05, 0) is 0 Å². The molecule has 2 aliphatic carbocycles. The Morgan fingerprint density at radius 1 is 0.810 bits per heavy atom. The molecule has 1 aliphatic heterocycles. The van der Waals surface area contributed by atoms with E-state index in [-0.39, 0.29) is 24.8 Å². The van der Waals surface area contributed by atoms with Crippen LogP contribution in [0, 0.1) is 0 Å². The Kier molecular flexibility index (Phi) is 6.63. The smallest absolute Gasteiger partial charge is 1.00 e. The molecule has 3 heteroatoms. The van der Waals surface area contributed by atoms with Crippen LogP contribution in [0.5, 0.6) is 0 Å². The quantitative estimate of drug-likeness (QED) is 0.620. The summed E-state index contributed by atoms with van der Waals surface area (Å²) in [6.07, 6.45) is 10.1. The molecule has 116 valence electrons. The van der Waals surface area contributed by atoms with Crippen LogP contribution in [0.4, 0.5) is 0 Å². The minimum Gasteiger partial charge on any atom is -1.00 e. The third-order valence-electron chi connectivity index (χ3n) is 5.52. The molecule has 0 aromatic rings. The predicted octanol–water partition coefficient (Wildman–Crippen LogP) is 0.0267. The maximum absolute atomic E-state index is 2.50. The standard InChI is InChI=1S/2C8H11.C2H4.2ClH.Ti/c2*1-3-8-6-4-5-7(8)2;1-2;;;/h2*5H,3-4H2,1-2H3;1-2H2;2*1H;/q;;;;;+2/p-2. The molecular formula is C18H26Cl2Ti. The van der Waals surface area contributed by atoms with Crippen LogP contribution >= 0.6 is 0 Å². The van der Waals surface area contributed by atoms with E-state index in [1.54, 1.807) is 31.7 Å². The molecule has 1 heterocycles. The Morgan fingerprint density at radius 2 is 1.19 bits per heavy atom. The van der Waals surface area contributed by atoms with E-state index in [0.29, 0.717) is 0 Å². The number of hydrogen-bond donors (Lipinski definition) is 0. The number of hydrogen-bond acceptors (Lipinski definition) is 0. The van der Waals surface area contributed by atoms with Gasteiger partial charge in [-0.1, -0.05) is 0 Å². The van der Waals surface area contributed by atoms with Crippen molar-refractivity contribution in [2.75, 3.05) is 0 Å². The summed E-state index contributed by atoms with van der Waals surface area (Å²) in [7, 11) is 0. The average Bonchev–Trinajstić information content (AvgIpc) is 2.98. The summed E-state index contributed by atoms with van der Waals surface area (Å²) in [6, 6.07) is 0. The zero-order valence-electron chi connectivity index (χ0n) is 13.7. The fourth-order valence-electron chi connectivity index (χ4n) is 4.34. The van der Waals surface area contributed by atoms with E-state index in [1.807, 2.05) is 7.76 Å². The molecule has 0 N–H and O–H groups in total. The number of allylic oxidation sites excluding steroid dienone is 8. The Bertz CT molecular complexity index is 500. The Hall–Kier alpha value is 0.254. The van der Waals surface area contributed by atoms with Gasteiger partial charge in [0, 0.05) is 0 Å². The van der Waals surface area contributed by atoms with Gasteiger partial charge in [0.25, 0.3) is 0 Å². The van der Waals surface area contributed by atoms with Crippen molar-refractivity contribution in [3.8, 4) is 0 Å². The van der Waals surface area contributed by atoms with Crippen molar-refractivity contribution in [1.82, 2.24) is 0 Å². The Labute approximate surface area is 146 Å². The van der Waals surface area contributed by atoms with E-state index in [2.05, 4.69) is 39.8 Å². The van der Waals surface area contributed by atoms with Crippen molar-refractivity contribution >= 4 is 0 Å². The van der Waals surface area contributed by atoms with Gasteiger partial charge in [0.1, 0.15) is 0 Å². The third-order valence-corrected chi connectivity index (χ3v) is 13.0. The van der Waals surface area contributed by atoms with Crippen molar-refractivity contribution in [2.24, 2.45) is 0 Å². The normalized spacial score (nSPS) is 21.1. The van der Waals surface area contributed by atoms with Crippen LogP contribution in [0.3, 0.4) is 0 Å². The summed E-state index contributed by atoms with van der Waals surface area (Å²) in [5.41, 5.74) is 6.70. The minimum atomic E-state index is -1.76. The summed E-state index contributed by atoms with van der Waals surface area (Å²) < 4.78 is 7.09. The first-order valence-corrected chi connectivity index (χ1v) is 11.7. The molecule has 0 aromatic carbocycles. The van der Waals surface area contributed by atoms with E-state index >= 15 is 0 Å². The molecule has 0 bridgehead atoms. The van der Waals surface area contributed by atoms with E-state index in [1.165, 1.54) is 25.7 Å². The zero-order chi connectivity index (χ0) is 13.6. The van der Waals surface area contributed by atoms with Gasteiger partial charge in [-0.3, -0.25) is 0 Å². The predicted molar refractivity (Wildman–Crippen MR) is 81.0 cm³/mol. The van der Waals surface area contributed by atoms with E-state index in [9.17, 15) is 0 Å². The van der Waals surface area contributed by atoms with Gasteiger partial charge in [-0.25, -0.2) is 0 Å². The van der Waals surface area contributed by atoms with Gasteiger partial charge < -0.3 is 24.8 Å². The second-order valence-corrected chi connectivity index (χ2v) is 13.2. The second kappa shape index (κ2) is 7.22. The van der Waals surface area contributed by atoms with Gasteiger partial charge in [-0.2, -0.15) is 0 Å². The van der Waals surface area contributed by atoms with E-state index < -0.39 is 16.6 Å². The maximum Gasteiger partial charge on any atom is -1.00 e. The molecular weight excluding hydrogens is 335 g/mol. The van der Waals surface area contributed by atoms with Crippen LogP contribution in [0.2, 0.25) is 9.45 Å². The van der Waals surface area contributed by atoms with Crippen molar-refractivity contribution in [3.05, 3.63) is 42.2 Å². The third kappa shape index (κ3) is 3.02. The van der Waals surface area contributed by atoms with Gasteiger partial charge in [0.15, 0.2) is 0 Å². The van der Waals surface area contributed by atoms with Crippen molar-refractivity contribution in [1.29, 1.82) is 0 Å². The van der Waals surface area contributed by atoms with E-state index in [4.69, 9.17) is 0 Å². The molecule has 3 aliphatic rings. The van der Waals surface area contributed by atoms with Gasteiger partial charge in [-0.15, -0.1) is 0 Å². The summed E-state index contributed by atoms with van der Waals surface area (Å²) in [6.45, 7) is 9.36. The molecule has 3 rings (SSSR count). The number of rotatable bonds is 4. The molecule has 0 radical (unpaired) electrons. The summed E-state index contributed by atoms with van der Waals surface area (Å²) in [5.74, 6) is 0. The summed E-state index contributed by atoms with van der Waals surface area (Å²) in [4.78, 5) is 0. The van der Waals surface area contributed by atoms with Gasteiger partial charge in [0.2, 0.25) is 0 Å². The zero-order valence-corrected chi connectivity index (χ0v) is 16.7. The van der Waals surface area contributed by atoms with E-state index in [0.717, 1.165) is 0 Å². The molecule has 0 aromatic heterocycles. The van der Waals surface area contributed by atoms with Crippen molar-refractivity contribution < 1.29 is 41.4 Å².